The molecular formula is C88H110BrClF9N11O2. The molecule has 0 radical (unpaired) electrons. The number of methoxy groups -OCH3 is 2. The van der Waals surface area contributed by atoms with Crippen molar-refractivity contribution in [1.82, 2.24) is 54.8 Å². The highest BCUT2D eigenvalue weighted by Gasteiger charge is 2.32. The van der Waals surface area contributed by atoms with E-state index in [1.165, 1.54) is 46.1 Å². The average Bonchev–Trinajstić information content (AvgIpc) is 0.837. The fourth-order valence-electron chi connectivity index (χ4n) is 8.94. The monoisotopic (exact) mass is 1640 g/mol. The number of hydrogen-bond donors (Lipinski definition) is 0. The van der Waals surface area contributed by atoms with Crippen LogP contribution < -0.4 is 9.47 Å². The summed E-state index contributed by atoms with van der Waals surface area (Å²) in [5, 5.41) is 2.56. The van der Waals surface area contributed by atoms with Crippen LogP contribution in [0, 0.1) is 24.4 Å². The number of aromatic nitrogens is 11. The van der Waals surface area contributed by atoms with Gasteiger partial charge in [0.1, 0.15) is 23.3 Å². The van der Waals surface area contributed by atoms with Gasteiger partial charge in [-0.2, -0.15) is 26.3 Å². The lowest BCUT2D eigenvalue weighted by atomic mass is 10.1. The molecule has 11 aromatic rings. The number of fused-ring (bicyclic) bond motifs is 1. The molecule has 24 heteroatoms. The molecule has 0 unspecified atom stereocenters. The number of pyridine rings is 9. The molecule has 0 aliphatic carbocycles. The Kier molecular flexibility index (Phi) is 44.6. The van der Waals surface area contributed by atoms with Gasteiger partial charge in [-0.25, -0.2) is 23.1 Å². The van der Waals surface area contributed by atoms with E-state index in [0.717, 1.165) is 75.6 Å². The molecule has 0 bridgehead atoms. The van der Waals surface area contributed by atoms with Gasteiger partial charge in [-0.1, -0.05) is 180 Å². The van der Waals surface area contributed by atoms with Crippen LogP contribution in [0.2, 0.25) is 5.02 Å². The molecule has 0 spiro atoms. The maximum absolute atomic E-state index is 12.8. The van der Waals surface area contributed by atoms with Crippen molar-refractivity contribution < 1.29 is 49.0 Å². The summed E-state index contributed by atoms with van der Waals surface area (Å²) in [5.74, 6) is 4.35. The van der Waals surface area contributed by atoms with Crippen molar-refractivity contribution >= 4 is 38.3 Å². The second kappa shape index (κ2) is 50.6. The third-order valence-corrected chi connectivity index (χ3v) is 16.3. The minimum Gasteiger partial charge on any atom is -0.493 e. The van der Waals surface area contributed by atoms with Crippen molar-refractivity contribution in [2.45, 2.75) is 217 Å². The van der Waals surface area contributed by atoms with E-state index in [1.54, 1.807) is 38.9 Å². The summed E-state index contributed by atoms with van der Waals surface area (Å²) in [6, 6.07) is 35.8. The summed E-state index contributed by atoms with van der Waals surface area (Å²) in [4.78, 5) is 44.4. The Bertz CT molecular complexity index is 4310. The topological polar surface area (TPSA) is 160 Å². The number of ether oxygens (including phenoxy) is 2. The van der Waals surface area contributed by atoms with Gasteiger partial charge in [-0.05, 0) is 166 Å². The molecule has 0 saturated carbocycles. The average molecular weight is 1640 g/mol. The number of hydrogen-bond acceptors (Lipinski definition) is 13. The Morgan fingerprint density at radius 1 is 0.330 bits per heavy atom. The van der Waals surface area contributed by atoms with Crippen LogP contribution in [0.15, 0.2) is 194 Å². The second-order valence-electron chi connectivity index (χ2n) is 28.5. The number of halogens is 11. The standard InChI is InChI=1S/C12H13N.C10H15NO2.C9H9ClF3N.C9H10F3N.C9H13N.C8H10BrN.C8H9F2N.C8H10FN.C8H11N.C7H10N2/c1-9(2)12-7-10-5-3-4-6-11(10)8-13-12;1-7(2)8-5-9(12-3)10(13-4)6-11-8;1-5(2)8-7(10)3-6(4-14-8)9(11,12)13;1-6(2)8-4-3-7(5-13-8)9(10,11)12;1-7(2)9-6-8(3)4-5-10-9;1-6(2)8-4-3-7(9)5-10-8;1-5(2)8-7(10)3-6(9)4-11-8;1-6(2)8-4-3-7(9)5-10-8;1-7(2)8-5-3-4-6-9-8;1-6(2)7-8-4-3-5-9-7/h3-9H,1-2H3;5-7H,1-4H3;3-5H,1-2H3;3-6H,1-2H3;4-7H,1-3H3;3-6H,1-2H3;3-5H,1-2H3;3-6H,1-2H3;3-7H,1-2H3;3-6H,1-2H3. The molecule has 0 aliphatic rings. The van der Waals surface area contributed by atoms with Crippen molar-refractivity contribution in [2.24, 2.45) is 0 Å². The van der Waals surface area contributed by atoms with Crippen molar-refractivity contribution in [3.05, 3.63) is 290 Å². The van der Waals surface area contributed by atoms with E-state index in [0.29, 0.717) is 64.3 Å². The van der Waals surface area contributed by atoms with Gasteiger partial charge in [0, 0.05) is 117 Å². The van der Waals surface area contributed by atoms with Crippen LogP contribution in [-0.2, 0) is 12.4 Å². The van der Waals surface area contributed by atoms with Crippen LogP contribution >= 0.6 is 27.5 Å². The van der Waals surface area contributed by atoms with Gasteiger partial charge in [0.2, 0.25) is 0 Å². The van der Waals surface area contributed by atoms with Crippen LogP contribution in [-0.4, -0.2) is 69.0 Å². The molecule has 0 saturated heterocycles. The highest BCUT2D eigenvalue weighted by Crippen LogP contribution is 2.34. The minimum atomic E-state index is -4.38. The fourth-order valence-corrected chi connectivity index (χ4v) is 9.56. The van der Waals surface area contributed by atoms with E-state index < -0.39 is 35.1 Å². The molecule has 0 N–H and O–H groups in total. The molecular weight excluding hydrogens is 1530 g/mol. The number of aryl methyl sites for hydroxylation is 1. The molecule has 0 amide bonds. The third-order valence-electron chi connectivity index (χ3n) is 15.6. The fraction of sp³-hybridized carbons (Fsp3) is 0.398. The normalized spacial score (nSPS) is 10.9. The van der Waals surface area contributed by atoms with Crippen LogP contribution in [0.3, 0.4) is 0 Å². The molecule has 11 rings (SSSR count). The number of rotatable bonds is 12. The van der Waals surface area contributed by atoms with Gasteiger partial charge in [-0.3, -0.25) is 44.9 Å². The molecule has 0 fully saturated rings. The van der Waals surface area contributed by atoms with Crippen molar-refractivity contribution in [1.29, 1.82) is 0 Å². The van der Waals surface area contributed by atoms with E-state index in [9.17, 15) is 39.5 Å². The van der Waals surface area contributed by atoms with Crippen LogP contribution in [0.4, 0.5) is 39.5 Å². The van der Waals surface area contributed by atoms with Gasteiger partial charge < -0.3 is 9.47 Å². The van der Waals surface area contributed by atoms with E-state index in [1.807, 2.05) is 135 Å². The summed E-state index contributed by atoms with van der Waals surface area (Å²) in [6.07, 6.45) is 7.97. The molecule has 0 atom stereocenters. The van der Waals surface area contributed by atoms with Crippen LogP contribution in [0.1, 0.15) is 271 Å². The van der Waals surface area contributed by atoms with Crippen LogP contribution in [0.5, 0.6) is 11.5 Å². The predicted octanol–water partition coefficient (Wildman–Crippen LogP) is 26.8. The Balaban J connectivity index is 0.000000424. The maximum Gasteiger partial charge on any atom is 0.417 e. The lowest BCUT2D eigenvalue weighted by molar-refractivity contribution is -0.138. The maximum atomic E-state index is 12.8. The predicted molar refractivity (Wildman–Crippen MR) is 439 cm³/mol. The largest absolute Gasteiger partial charge is 0.493 e. The molecule has 112 heavy (non-hydrogen) atoms. The zero-order valence-electron chi connectivity index (χ0n) is 68.6. The zero-order chi connectivity index (χ0) is 84.6. The number of alkyl halides is 6. The van der Waals surface area contributed by atoms with E-state index >= 15 is 0 Å². The van der Waals surface area contributed by atoms with Crippen molar-refractivity contribution in [3.63, 3.8) is 0 Å². The van der Waals surface area contributed by atoms with Crippen molar-refractivity contribution in [2.75, 3.05) is 14.2 Å². The third kappa shape index (κ3) is 38.2. The molecule has 10 heterocycles. The van der Waals surface area contributed by atoms with E-state index in [4.69, 9.17) is 21.1 Å². The minimum absolute atomic E-state index is 0.00407. The van der Waals surface area contributed by atoms with E-state index in [-0.39, 0.29) is 28.6 Å². The van der Waals surface area contributed by atoms with E-state index in [2.05, 4.69) is 191 Å². The first kappa shape index (κ1) is 98.7. The summed E-state index contributed by atoms with van der Waals surface area (Å²) in [5.41, 5.74) is 7.85. The summed E-state index contributed by atoms with van der Waals surface area (Å²) in [6.45, 7) is 42.7. The highest BCUT2D eigenvalue weighted by molar-refractivity contribution is 9.10. The molecule has 13 nitrogen and oxygen atoms in total. The first-order chi connectivity index (χ1) is 52.5. The van der Waals surface area contributed by atoms with Gasteiger partial charge in [0.15, 0.2) is 11.5 Å². The Morgan fingerprint density at radius 2 is 0.759 bits per heavy atom. The number of nitrogens with zero attached hydrogens (tertiary/aromatic N) is 11. The number of benzene rings is 1. The Morgan fingerprint density at radius 3 is 1.16 bits per heavy atom. The second-order valence-corrected chi connectivity index (χ2v) is 29.8. The molecule has 1 aromatic carbocycles. The SMILES string of the molecule is CC(C)c1cc2ccccc2cn1.CC(C)c1ccc(Br)cn1.CC(C)c1ccc(C(F)(F)F)cn1.CC(C)c1ccc(F)cn1.CC(C)c1ccccn1.CC(C)c1ncc(C(F)(F)F)cc1Cl.CC(C)c1ncc(F)cc1F.CC(C)c1ncccn1.COc1cnc(C(C)C)cc1OC.Cc1ccnc(C(C)C)c1. The first-order valence-electron chi connectivity index (χ1n) is 36.8. The Hall–Kier alpha value is -9.35. The van der Waals surface area contributed by atoms with Crippen LogP contribution in [0.25, 0.3) is 10.8 Å². The first-order valence-corrected chi connectivity index (χ1v) is 38.0. The smallest absolute Gasteiger partial charge is 0.417 e. The summed E-state index contributed by atoms with van der Waals surface area (Å²) in [7, 11) is 3.23. The van der Waals surface area contributed by atoms with Crippen molar-refractivity contribution in [3.8, 4) is 11.5 Å². The molecule has 10 aromatic heterocycles. The van der Waals surface area contributed by atoms with Gasteiger partial charge in [-0.15, -0.1) is 0 Å². The lowest BCUT2D eigenvalue weighted by Crippen LogP contribution is -2.07. The molecule has 606 valence electrons. The summed E-state index contributed by atoms with van der Waals surface area (Å²) >= 11 is 9.00. The van der Waals surface area contributed by atoms with Gasteiger partial charge >= 0.3 is 12.4 Å². The Labute approximate surface area is 671 Å². The zero-order valence-corrected chi connectivity index (χ0v) is 70.9. The highest BCUT2D eigenvalue weighted by atomic mass is 79.9. The van der Waals surface area contributed by atoms with Gasteiger partial charge in [0.05, 0.1) is 60.3 Å². The van der Waals surface area contributed by atoms with Gasteiger partial charge in [0.25, 0.3) is 0 Å². The quantitative estimate of drug-likeness (QED) is 0.106. The summed E-state index contributed by atoms with van der Waals surface area (Å²) < 4.78 is 122. The lowest BCUT2D eigenvalue weighted by Gasteiger charge is -2.10. The molecule has 0 aliphatic heterocycles.